The molecule has 24 heavy (non-hydrogen) atoms. The van der Waals surface area contributed by atoms with Crippen molar-refractivity contribution in [1.82, 2.24) is 0 Å². The van der Waals surface area contributed by atoms with Crippen LogP contribution in [0, 0.1) is 5.82 Å². The summed E-state index contributed by atoms with van der Waals surface area (Å²) in [6.07, 6.45) is 0.402. The van der Waals surface area contributed by atoms with Crippen molar-refractivity contribution in [2.75, 3.05) is 0 Å². The number of ether oxygens (including phenoxy) is 2. The van der Waals surface area contributed by atoms with E-state index in [2.05, 4.69) is 0 Å². The van der Waals surface area contributed by atoms with Gasteiger partial charge in [0.2, 0.25) is 0 Å². The van der Waals surface area contributed by atoms with Crippen LogP contribution in [0.4, 0.5) is 4.39 Å². The van der Waals surface area contributed by atoms with Crippen molar-refractivity contribution in [2.45, 2.75) is 26.2 Å². The van der Waals surface area contributed by atoms with Crippen LogP contribution in [0.2, 0.25) is 5.02 Å². The topological polar surface area (TPSA) is 52.6 Å². The predicted octanol–water partition coefficient (Wildman–Crippen LogP) is 4.33. The van der Waals surface area contributed by atoms with Gasteiger partial charge in [-0.2, -0.15) is 0 Å². The van der Waals surface area contributed by atoms with E-state index in [1.807, 2.05) is 13.0 Å². The summed E-state index contributed by atoms with van der Waals surface area (Å²) in [7, 11) is 0. The maximum absolute atomic E-state index is 13.5. The number of aryl methyl sites for hydroxylation is 1. The van der Waals surface area contributed by atoms with Gasteiger partial charge in [0.25, 0.3) is 0 Å². The lowest BCUT2D eigenvalue weighted by Crippen LogP contribution is -2.14. The fraction of sp³-hybridized carbons (Fsp3) is 0.222. The smallest absolute Gasteiger partial charge is 0.311 e. The van der Waals surface area contributed by atoms with Gasteiger partial charge in [-0.1, -0.05) is 36.7 Å². The quantitative estimate of drug-likeness (QED) is 0.574. The summed E-state index contributed by atoms with van der Waals surface area (Å²) in [6.45, 7) is 1.99. The maximum atomic E-state index is 13.5. The molecule has 0 fully saturated rings. The van der Waals surface area contributed by atoms with Crippen LogP contribution in [0.3, 0.4) is 0 Å². The number of benzene rings is 2. The molecule has 0 unspecified atom stereocenters. The molecule has 0 bridgehead atoms. The minimum atomic E-state index is -0.763. The van der Waals surface area contributed by atoms with Crippen molar-refractivity contribution in [2.24, 2.45) is 0 Å². The van der Waals surface area contributed by atoms with Gasteiger partial charge in [0.1, 0.15) is 5.75 Å². The molecule has 0 spiro atoms. The molecule has 2 aromatic carbocycles. The Morgan fingerprint density at radius 2 is 1.71 bits per heavy atom. The van der Waals surface area contributed by atoms with Gasteiger partial charge in [-0.05, 0) is 36.2 Å². The lowest BCUT2D eigenvalue weighted by atomic mass is 10.2. The predicted molar refractivity (Wildman–Crippen MR) is 87.7 cm³/mol. The zero-order valence-electron chi connectivity index (χ0n) is 13.1. The molecule has 126 valence electrons. The Balaban J connectivity index is 1.86. The van der Waals surface area contributed by atoms with E-state index in [9.17, 15) is 14.0 Å². The molecule has 0 aliphatic carbocycles. The van der Waals surface area contributed by atoms with Crippen LogP contribution in [-0.2, 0) is 16.0 Å². The monoisotopic (exact) mass is 350 g/mol. The Bertz CT molecular complexity index is 725. The molecule has 4 nitrogen and oxygen atoms in total. The highest BCUT2D eigenvalue weighted by molar-refractivity contribution is 6.32. The van der Waals surface area contributed by atoms with E-state index in [4.69, 9.17) is 21.1 Å². The molecule has 0 radical (unpaired) electrons. The number of esters is 2. The number of carbonyl (C=O) groups excluding carboxylic acids is 2. The number of halogens is 2. The lowest BCUT2D eigenvalue weighted by molar-refractivity contribution is -0.140. The number of hydrogen-bond donors (Lipinski definition) is 0. The average molecular weight is 351 g/mol. The van der Waals surface area contributed by atoms with Crippen LogP contribution in [0.15, 0.2) is 42.5 Å². The molecular weight excluding hydrogens is 335 g/mol. The Morgan fingerprint density at radius 3 is 2.38 bits per heavy atom. The molecule has 6 heteroatoms. The molecule has 0 saturated carbocycles. The van der Waals surface area contributed by atoms with Crippen LogP contribution in [0.25, 0.3) is 0 Å². The molecule has 0 aliphatic heterocycles. The first-order valence-corrected chi connectivity index (χ1v) is 7.81. The number of para-hydroxylation sites is 1. The third-order valence-corrected chi connectivity index (χ3v) is 3.50. The van der Waals surface area contributed by atoms with Crippen molar-refractivity contribution in [3.8, 4) is 11.5 Å². The van der Waals surface area contributed by atoms with Crippen LogP contribution in [0.1, 0.15) is 25.3 Å². The highest BCUT2D eigenvalue weighted by Gasteiger charge is 2.15. The van der Waals surface area contributed by atoms with Crippen molar-refractivity contribution in [3.63, 3.8) is 0 Å². The molecule has 0 amide bonds. The van der Waals surface area contributed by atoms with Crippen molar-refractivity contribution in [1.29, 1.82) is 0 Å². The first-order valence-electron chi connectivity index (χ1n) is 7.44. The minimum absolute atomic E-state index is 0.0118. The second kappa shape index (κ2) is 8.45. The zero-order chi connectivity index (χ0) is 17.5. The van der Waals surface area contributed by atoms with Crippen molar-refractivity contribution >= 4 is 23.5 Å². The van der Waals surface area contributed by atoms with Gasteiger partial charge >= 0.3 is 11.9 Å². The van der Waals surface area contributed by atoms with E-state index in [0.29, 0.717) is 5.75 Å². The average Bonchev–Trinajstić information content (AvgIpc) is 2.56. The number of carbonyl (C=O) groups is 2. The summed E-state index contributed by atoms with van der Waals surface area (Å²) in [4.78, 5) is 23.5. The largest absolute Gasteiger partial charge is 0.427 e. The van der Waals surface area contributed by atoms with Crippen LogP contribution in [-0.4, -0.2) is 11.9 Å². The molecule has 2 aromatic rings. The van der Waals surface area contributed by atoms with Gasteiger partial charge in [0.05, 0.1) is 17.9 Å². The Hall–Kier alpha value is -2.40. The third-order valence-electron chi connectivity index (χ3n) is 3.21. The lowest BCUT2D eigenvalue weighted by Gasteiger charge is -2.08. The van der Waals surface area contributed by atoms with Gasteiger partial charge < -0.3 is 9.47 Å². The second-order valence-corrected chi connectivity index (χ2v) is 5.41. The van der Waals surface area contributed by atoms with E-state index in [-0.39, 0.29) is 23.6 Å². The summed E-state index contributed by atoms with van der Waals surface area (Å²) in [5.41, 5.74) is 1.04. The minimum Gasteiger partial charge on any atom is -0.427 e. The summed E-state index contributed by atoms with van der Waals surface area (Å²) in [5, 5.41) is -0.0118. The van der Waals surface area contributed by atoms with Crippen molar-refractivity contribution < 1.29 is 23.5 Å². The highest BCUT2D eigenvalue weighted by atomic mass is 35.5. The fourth-order valence-corrected chi connectivity index (χ4v) is 2.16. The second-order valence-electron chi connectivity index (χ2n) is 5.00. The van der Waals surface area contributed by atoms with Gasteiger partial charge in [-0.15, -0.1) is 0 Å². The standard InChI is InChI=1S/C18H16ClFO4/c1-2-12-5-3-6-13(11-12)23-16(21)9-10-17(22)24-18-14(19)7-4-8-15(18)20/h3-8,11H,2,9-10H2,1H3. The first kappa shape index (κ1) is 17.9. The molecular formula is C18H16ClFO4. The van der Waals surface area contributed by atoms with Crippen molar-refractivity contribution in [3.05, 3.63) is 58.9 Å². The molecule has 0 atom stereocenters. The summed E-state index contributed by atoms with van der Waals surface area (Å²) < 4.78 is 23.5. The highest BCUT2D eigenvalue weighted by Crippen LogP contribution is 2.27. The van der Waals surface area contributed by atoms with Gasteiger partial charge in [0.15, 0.2) is 11.6 Å². The normalized spacial score (nSPS) is 10.3. The maximum Gasteiger partial charge on any atom is 0.311 e. The SMILES string of the molecule is CCc1cccc(OC(=O)CCC(=O)Oc2c(F)cccc2Cl)c1. The van der Waals surface area contributed by atoms with E-state index >= 15 is 0 Å². The Labute approximate surface area is 144 Å². The first-order chi connectivity index (χ1) is 11.5. The van der Waals surface area contributed by atoms with E-state index in [1.54, 1.807) is 18.2 Å². The molecule has 0 saturated heterocycles. The van der Waals surface area contributed by atoms with E-state index in [1.165, 1.54) is 12.1 Å². The number of rotatable bonds is 6. The fourth-order valence-electron chi connectivity index (χ4n) is 1.96. The molecule has 0 heterocycles. The third kappa shape index (κ3) is 5.06. The van der Waals surface area contributed by atoms with Crippen LogP contribution >= 0.6 is 11.6 Å². The summed E-state index contributed by atoms with van der Waals surface area (Å²) in [6, 6.07) is 11.1. The van der Waals surface area contributed by atoms with Gasteiger partial charge in [-0.3, -0.25) is 9.59 Å². The van der Waals surface area contributed by atoms with Crippen LogP contribution < -0.4 is 9.47 Å². The molecule has 2 rings (SSSR count). The Kier molecular flexibility index (Phi) is 6.32. The molecule has 0 aliphatic rings. The van der Waals surface area contributed by atoms with Crippen LogP contribution in [0.5, 0.6) is 11.5 Å². The summed E-state index contributed by atoms with van der Waals surface area (Å²) >= 11 is 5.76. The zero-order valence-corrected chi connectivity index (χ0v) is 13.8. The van der Waals surface area contributed by atoms with E-state index in [0.717, 1.165) is 18.1 Å². The Morgan fingerprint density at radius 1 is 1.04 bits per heavy atom. The molecule has 0 aromatic heterocycles. The summed E-state index contributed by atoms with van der Waals surface area (Å²) in [5.74, 6) is -1.99. The molecule has 0 N–H and O–H groups in total. The van der Waals surface area contributed by atoms with Gasteiger partial charge in [-0.25, -0.2) is 4.39 Å². The van der Waals surface area contributed by atoms with E-state index < -0.39 is 17.8 Å². The van der Waals surface area contributed by atoms with Gasteiger partial charge in [0, 0.05) is 0 Å². The number of hydrogen-bond acceptors (Lipinski definition) is 4.